The summed E-state index contributed by atoms with van der Waals surface area (Å²) >= 11 is 3.33. The van der Waals surface area contributed by atoms with Crippen molar-refractivity contribution in [1.82, 2.24) is 0 Å². The highest BCUT2D eigenvalue weighted by atomic mass is 79.9. The van der Waals surface area contributed by atoms with Gasteiger partial charge in [0, 0.05) is 16.5 Å². The quantitative estimate of drug-likeness (QED) is 0.324. The first kappa shape index (κ1) is 21.8. The predicted molar refractivity (Wildman–Crippen MR) is 109 cm³/mol. The Morgan fingerprint density at radius 3 is 1.89 bits per heavy atom. The van der Waals surface area contributed by atoms with E-state index in [1.807, 2.05) is 18.2 Å². The molecule has 5 nitrogen and oxygen atoms in total. The third-order valence-corrected chi connectivity index (χ3v) is 4.84. The van der Waals surface area contributed by atoms with E-state index in [9.17, 15) is 14.4 Å². The SMILES string of the molecule is CCOC(=O)C(CC(=O)c1ccc(Br)cc1)(Cc1ccccc1)C(=O)OCC. The van der Waals surface area contributed by atoms with E-state index in [0.717, 1.165) is 10.0 Å². The van der Waals surface area contributed by atoms with Crippen molar-refractivity contribution in [2.75, 3.05) is 13.2 Å². The summed E-state index contributed by atoms with van der Waals surface area (Å²) in [4.78, 5) is 38.8. The van der Waals surface area contributed by atoms with Gasteiger partial charge in [0.05, 0.1) is 13.2 Å². The molecule has 6 heteroatoms. The molecule has 0 saturated heterocycles. The molecule has 2 rings (SSSR count). The summed E-state index contributed by atoms with van der Waals surface area (Å²) in [6.07, 6.45) is -0.311. The minimum absolute atomic E-state index is 0.0216. The maximum Gasteiger partial charge on any atom is 0.324 e. The van der Waals surface area contributed by atoms with Gasteiger partial charge in [0.2, 0.25) is 0 Å². The van der Waals surface area contributed by atoms with Crippen LogP contribution in [0, 0.1) is 5.41 Å². The Labute approximate surface area is 173 Å². The fraction of sp³-hybridized carbons (Fsp3) is 0.318. The molecule has 0 saturated carbocycles. The van der Waals surface area contributed by atoms with Gasteiger partial charge in [-0.15, -0.1) is 0 Å². The summed E-state index contributed by atoms with van der Waals surface area (Å²) in [5.74, 6) is -1.82. The molecule has 0 aliphatic rings. The molecule has 0 amide bonds. The summed E-state index contributed by atoms with van der Waals surface area (Å²) < 4.78 is 11.2. The number of carbonyl (C=O) groups is 3. The topological polar surface area (TPSA) is 69.7 Å². The van der Waals surface area contributed by atoms with E-state index in [0.29, 0.717) is 5.56 Å². The summed E-state index contributed by atoms with van der Waals surface area (Å²) in [6, 6.07) is 15.8. The molecule has 0 atom stereocenters. The van der Waals surface area contributed by atoms with Crippen LogP contribution in [0.25, 0.3) is 0 Å². The molecule has 0 N–H and O–H groups in total. The van der Waals surface area contributed by atoms with Gasteiger partial charge in [0.25, 0.3) is 0 Å². The Bertz CT molecular complexity index is 797. The summed E-state index contributed by atoms with van der Waals surface area (Å²) in [7, 11) is 0. The molecule has 2 aromatic rings. The number of ether oxygens (including phenoxy) is 2. The van der Waals surface area contributed by atoms with Crippen molar-refractivity contribution in [3.05, 3.63) is 70.2 Å². The van der Waals surface area contributed by atoms with Gasteiger partial charge in [-0.05, 0) is 38.0 Å². The van der Waals surface area contributed by atoms with Crippen molar-refractivity contribution in [2.24, 2.45) is 5.41 Å². The lowest BCUT2D eigenvalue weighted by Gasteiger charge is -2.29. The van der Waals surface area contributed by atoms with Crippen molar-refractivity contribution in [1.29, 1.82) is 0 Å². The number of esters is 2. The van der Waals surface area contributed by atoms with Crippen LogP contribution in [-0.4, -0.2) is 30.9 Å². The lowest BCUT2D eigenvalue weighted by molar-refractivity contribution is -0.172. The molecule has 0 aliphatic heterocycles. The van der Waals surface area contributed by atoms with Crippen LogP contribution in [0.15, 0.2) is 59.1 Å². The van der Waals surface area contributed by atoms with Crippen LogP contribution in [0.2, 0.25) is 0 Å². The van der Waals surface area contributed by atoms with E-state index in [2.05, 4.69) is 15.9 Å². The maximum atomic E-state index is 12.9. The number of hydrogen-bond acceptors (Lipinski definition) is 5. The third kappa shape index (κ3) is 5.29. The zero-order valence-corrected chi connectivity index (χ0v) is 17.5. The first-order valence-electron chi connectivity index (χ1n) is 9.10. The van der Waals surface area contributed by atoms with Crippen molar-refractivity contribution in [3.8, 4) is 0 Å². The first-order valence-corrected chi connectivity index (χ1v) is 9.89. The molecular formula is C22H23BrO5. The number of Topliss-reactive ketones (excluding diaryl/α,β-unsaturated/α-hetero) is 1. The van der Waals surface area contributed by atoms with Crippen LogP contribution < -0.4 is 0 Å². The van der Waals surface area contributed by atoms with Crippen LogP contribution in [0.1, 0.15) is 36.2 Å². The van der Waals surface area contributed by atoms with Crippen LogP contribution in [0.5, 0.6) is 0 Å². The van der Waals surface area contributed by atoms with Crippen molar-refractivity contribution < 1.29 is 23.9 Å². The second-order valence-electron chi connectivity index (χ2n) is 6.29. The second kappa shape index (κ2) is 10.2. The minimum Gasteiger partial charge on any atom is -0.465 e. The lowest BCUT2D eigenvalue weighted by Crippen LogP contribution is -2.45. The largest absolute Gasteiger partial charge is 0.465 e. The van der Waals surface area contributed by atoms with Crippen LogP contribution in [0.4, 0.5) is 0 Å². The predicted octanol–water partition coefficient (Wildman–Crippen LogP) is 4.38. The summed E-state index contributed by atoms with van der Waals surface area (Å²) in [6.45, 7) is 3.52. The third-order valence-electron chi connectivity index (χ3n) is 4.31. The standard InChI is InChI=1S/C22H23BrO5/c1-3-27-20(25)22(21(26)28-4-2,14-16-8-6-5-7-9-16)15-19(24)17-10-12-18(23)13-11-17/h5-13H,3-4,14-15H2,1-2H3. The molecule has 2 aromatic carbocycles. The van der Waals surface area contributed by atoms with Crippen LogP contribution >= 0.6 is 15.9 Å². The Morgan fingerprint density at radius 2 is 1.39 bits per heavy atom. The zero-order valence-electron chi connectivity index (χ0n) is 15.9. The van der Waals surface area contributed by atoms with Crippen molar-refractivity contribution >= 4 is 33.7 Å². The number of benzene rings is 2. The van der Waals surface area contributed by atoms with E-state index in [-0.39, 0.29) is 31.8 Å². The normalized spacial score (nSPS) is 11.0. The molecule has 0 bridgehead atoms. The van der Waals surface area contributed by atoms with Crippen molar-refractivity contribution in [2.45, 2.75) is 26.7 Å². The molecule has 148 valence electrons. The first-order chi connectivity index (χ1) is 13.4. The number of rotatable bonds is 9. The van der Waals surface area contributed by atoms with Gasteiger partial charge in [0.15, 0.2) is 11.2 Å². The van der Waals surface area contributed by atoms with E-state index < -0.39 is 17.4 Å². The summed E-state index contributed by atoms with van der Waals surface area (Å²) in [5, 5.41) is 0. The van der Waals surface area contributed by atoms with Crippen LogP contribution in [0.3, 0.4) is 0 Å². The highest BCUT2D eigenvalue weighted by molar-refractivity contribution is 9.10. The number of hydrogen-bond donors (Lipinski definition) is 0. The van der Waals surface area contributed by atoms with Gasteiger partial charge in [-0.1, -0.05) is 58.4 Å². The highest BCUT2D eigenvalue weighted by Crippen LogP contribution is 2.33. The lowest BCUT2D eigenvalue weighted by atomic mass is 9.76. The van der Waals surface area contributed by atoms with Gasteiger partial charge >= 0.3 is 11.9 Å². The number of halogens is 1. The molecule has 0 aliphatic carbocycles. The van der Waals surface area contributed by atoms with Crippen molar-refractivity contribution in [3.63, 3.8) is 0 Å². The van der Waals surface area contributed by atoms with Gasteiger partial charge in [-0.25, -0.2) is 0 Å². The van der Waals surface area contributed by atoms with E-state index in [1.165, 1.54) is 0 Å². The monoisotopic (exact) mass is 446 g/mol. The van der Waals surface area contributed by atoms with E-state index in [4.69, 9.17) is 9.47 Å². The summed E-state index contributed by atoms with van der Waals surface area (Å²) in [5.41, 5.74) is -0.584. The maximum absolute atomic E-state index is 12.9. The average Bonchev–Trinajstić information content (AvgIpc) is 2.69. The molecule has 0 aromatic heterocycles. The molecule has 0 radical (unpaired) electrons. The van der Waals surface area contributed by atoms with Crippen LogP contribution in [-0.2, 0) is 25.5 Å². The Kier molecular flexibility index (Phi) is 7.93. The van der Waals surface area contributed by atoms with Gasteiger partial charge in [0.1, 0.15) is 0 Å². The second-order valence-corrected chi connectivity index (χ2v) is 7.21. The smallest absolute Gasteiger partial charge is 0.324 e. The number of carbonyl (C=O) groups excluding carboxylic acids is 3. The highest BCUT2D eigenvalue weighted by Gasteiger charge is 2.50. The number of ketones is 1. The van der Waals surface area contributed by atoms with E-state index >= 15 is 0 Å². The Morgan fingerprint density at radius 1 is 0.857 bits per heavy atom. The molecule has 0 spiro atoms. The average molecular weight is 447 g/mol. The van der Waals surface area contributed by atoms with E-state index in [1.54, 1.807) is 50.2 Å². The molecule has 28 heavy (non-hydrogen) atoms. The van der Waals surface area contributed by atoms with Gasteiger partial charge < -0.3 is 9.47 Å². The molecule has 0 fully saturated rings. The van der Waals surface area contributed by atoms with Gasteiger partial charge in [-0.2, -0.15) is 0 Å². The van der Waals surface area contributed by atoms with Gasteiger partial charge in [-0.3, -0.25) is 14.4 Å². The minimum atomic E-state index is -1.74. The Hall–Kier alpha value is -2.47. The molecule has 0 heterocycles. The zero-order chi connectivity index (χ0) is 20.6. The fourth-order valence-electron chi connectivity index (χ4n) is 2.93. The molecule has 0 unspecified atom stereocenters. The molecular weight excluding hydrogens is 424 g/mol. The Balaban J connectivity index is 2.46. The fourth-order valence-corrected chi connectivity index (χ4v) is 3.19.